The van der Waals surface area contributed by atoms with Gasteiger partial charge in [-0.2, -0.15) is 0 Å². The van der Waals surface area contributed by atoms with Crippen LogP contribution in [0.25, 0.3) is 0 Å². The molecule has 0 heterocycles. The van der Waals surface area contributed by atoms with E-state index in [1.165, 1.54) is 17.7 Å². The Morgan fingerprint density at radius 1 is 1.13 bits per heavy atom. The summed E-state index contributed by atoms with van der Waals surface area (Å²) in [6.07, 6.45) is 0.602. The second-order valence-electron chi connectivity index (χ2n) is 5.18. The van der Waals surface area contributed by atoms with Gasteiger partial charge < -0.3 is 9.64 Å². The maximum atomic E-state index is 13.5. The molecule has 126 valence electrons. The minimum Gasteiger partial charge on any atom is -0.431 e. The van der Waals surface area contributed by atoms with Crippen molar-refractivity contribution in [1.29, 1.82) is 0 Å². The van der Waals surface area contributed by atoms with Gasteiger partial charge in [0.25, 0.3) is 5.17 Å². The van der Waals surface area contributed by atoms with Gasteiger partial charge in [0.1, 0.15) is 11.6 Å². The molecule has 0 aliphatic rings. The Morgan fingerprint density at radius 3 is 2.43 bits per heavy atom. The second kappa shape index (κ2) is 9.26. The lowest BCUT2D eigenvalue weighted by Crippen LogP contribution is -2.25. The number of nitrogens with zero attached hydrogens (tertiary/aromatic N) is 1. The van der Waals surface area contributed by atoms with E-state index < -0.39 is 0 Å². The molecule has 0 amide bonds. The summed E-state index contributed by atoms with van der Waals surface area (Å²) in [6, 6.07) is 12.6. The summed E-state index contributed by atoms with van der Waals surface area (Å²) in [4.78, 5) is 1.70. The summed E-state index contributed by atoms with van der Waals surface area (Å²) < 4.78 is 19.2. The van der Waals surface area contributed by atoms with Gasteiger partial charge in [-0.05, 0) is 42.9 Å². The number of thiocarbonyl (C=S) groups is 1. The van der Waals surface area contributed by atoms with Crippen molar-refractivity contribution in [1.82, 2.24) is 4.90 Å². The maximum absolute atomic E-state index is 13.5. The third-order valence-corrected chi connectivity index (χ3v) is 3.51. The summed E-state index contributed by atoms with van der Waals surface area (Å²) in [6.45, 7) is 2.04. The lowest BCUT2D eigenvalue weighted by atomic mass is 10.0. The summed E-state index contributed by atoms with van der Waals surface area (Å²) >= 11 is 5.15. The SMILES string of the molecule is C.C.Cc1cccc(Cc2cc(F)ccc2OC(=S)N(C)C)c1. The van der Waals surface area contributed by atoms with Gasteiger partial charge in [-0.1, -0.05) is 44.7 Å². The van der Waals surface area contributed by atoms with E-state index in [0.29, 0.717) is 17.3 Å². The van der Waals surface area contributed by atoms with Crippen molar-refractivity contribution in [3.8, 4) is 5.75 Å². The van der Waals surface area contributed by atoms with Crippen LogP contribution >= 0.6 is 12.2 Å². The molecule has 23 heavy (non-hydrogen) atoms. The normalized spacial score (nSPS) is 9.39. The van der Waals surface area contributed by atoms with E-state index >= 15 is 0 Å². The van der Waals surface area contributed by atoms with Gasteiger partial charge in [0.2, 0.25) is 0 Å². The first-order valence-electron chi connectivity index (χ1n) is 6.69. The van der Waals surface area contributed by atoms with Crippen molar-refractivity contribution in [3.63, 3.8) is 0 Å². The van der Waals surface area contributed by atoms with Gasteiger partial charge >= 0.3 is 0 Å². The Morgan fingerprint density at radius 2 is 1.83 bits per heavy atom. The number of aryl methyl sites for hydroxylation is 1. The third-order valence-electron chi connectivity index (χ3n) is 3.06. The second-order valence-corrected chi connectivity index (χ2v) is 5.53. The molecule has 0 spiro atoms. The molecule has 0 unspecified atom stereocenters. The molecule has 2 aromatic rings. The summed E-state index contributed by atoms with van der Waals surface area (Å²) in [7, 11) is 3.62. The van der Waals surface area contributed by atoms with Gasteiger partial charge in [0, 0.05) is 26.1 Å². The highest BCUT2D eigenvalue weighted by Gasteiger charge is 2.10. The molecular formula is C19H26FNOS. The molecule has 0 radical (unpaired) electrons. The zero-order valence-electron chi connectivity index (χ0n) is 12.4. The monoisotopic (exact) mass is 335 g/mol. The van der Waals surface area contributed by atoms with Gasteiger partial charge in [0.05, 0.1) is 0 Å². The first kappa shape index (κ1) is 21.1. The highest BCUT2D eigenvalue weighted by Crippen LogP contribution is 2.24. The maximum Gasteiger partial charge on any atom is 0.264 e. The third kappa shape index (κ3) is 5.99. The molecule has 0 N–H and O–H groups in total. The zero-order chi connectivity index (χ0) is 15.4. The molecule has 2 nitrogen and oxygen atoms in total. The van der Waals surface area contributed by atoms with E-state index in [2.05, 4.69) is 6.07 Å². The first-order chi connectivity index (χ1) is 9.95. The molecule has 0 aliphatic carbocycles. The number of rotatable bonds is 3. The summed E-state index contributed by atoms with van der Waals surface area (Å²) in [5, 5.41) is 0.354. The Kier molecular flexibility index (Phi) is 8.47. The van der Waals surface area contributed by atoms with E-state index in [4.69, 9.17) is 17.0 Å². The molecule has 0 aromatic heterocycles. The molecule has 0 aliphatic heterocycles. The molecule has 0 saturated heterocycles. The van der Waals surface area contributed by atoms with Crippen LogP contribution in [0.2, 0.25) is 0 Å². The Balaban J connectivity index is 0.00000242. The van der Waals surface area contributed by atoms with Crippen molar-refractivity contribution >= 4 is 17.4 Å². The fourth-order valence-electron chi connectivity index (χ4n) is 2.01. The number of benzene rings is 2. The van der Waals surface area contributed by atoms with E-state index in [1.54, 1.807) is 11.0 Å². The van der Waals surface area contributed by atoms with E-state index in [1.807, 2.05) is 39.2 Å². The van der Waals surface area contributed by atoms with Crippen LogP contribution in [0.5, 0.6) is 5.75 Å². The topological polar surface area (TPSA) is 12.5 Å². The van der Waals surface area contributed by atoms with Gasteiger partial charge in [-0.3, -0.25) is 0 Å². The number of hydrogen-bond donors (Lipinski definition) is 0. The Labute approximate surface area is 144 Å². The molecular weight excluding hydrogens is 309 g/mol. The van der Waals surface area contributed by atoms with E-state index in [9.17, 15) is 4.39 Å². The minimum absolute atomic E-state index is 0. The molecule has 0 saturated carbocycles. The average Bonchev–Trinajstić information content (AvgIpc) is 2.41. The number of ether oxygens (including phenoxy) is 1. The molecule has 2 aromatic carbocycles. The summed E-state index contributed by atoms with van der Waals surface area (Å²) in [5.74, 6) is 0.317. The quantitative estimate of drug-likeness (QED) is 0.713. The van der Waals surface area contributed by atoms with Crippen molar-refractivity contribution < 1.29 is 9.13 Å². The standard InChI is InChI=1S/C17H18FNOS.2CH4/c1-12-5-4-6-13(9-12)10-14-11-15(18)7-8-16(14)20-17(21)19(2)3;;/h4-9,11H,10H2,1-3H3;2*1H4. The van der Waals surface area contributed by atoms with Crippen molar-refractivity contribution in [3.05, 3.63) is 65.0 Å². The van der Waals surface area contributed by atoms with Gasteiger partial charge in [0.15, 0.2) is 0 Å². The molecule has 0 fully saturated rings. The molecule has 2 rings (SSSR count). The Bertz CT molecular complexity index is 656. The van der Waals surface area contributed by atoms with Crippen LogP contribution in [0.3, 0.4) is 0 Å². The predicted molar refractivity (Wildman–Crippen MR) is 101 cm³/mol. The van der Waals surface area contributed by atoms with Crippen LogP contribution in [0.4, 0.5) is 4.39 Å². The lowest BCUT2D eigenvalue weighted by molar-refractivity contribution is 0.445. The highest BCUT2D eigenvalue weighted by atomic mass is 32.1. The zero-order valence-corrected chi connectivity index (χ0v) is 13.2. The van der Waals surface area contributed by atoms with Crippen LogP contribution < -0.4 is 4.74 Å². The van der Waals surface area contributed by atoms with E-state index in [0.717, 1.165) is 11.1 Å². The van der Waals surface area contributed by atoms with Crippen LogP contribution in [-0.2, 0) is 6.42 Å². The minimum atomic E-state index is -0.277. The van der Waals surface area contributed by atoms with Gasteiger partial charge in [-0.15, -0.1) is 0 Å². The number of halogens is 1. The largest absolute Gasteiger partial charge is 0.431 e. The highest BCUT2D eigenvalue weighted by molar-refractivity contribution is 7.80. The number of hydrogen-bond acceptors (Lipinski definition) is 2. The van der Waals surface area contributed by atoms with Crippen molar-refractivity contribution in [2.24, 2.45) is 0 Å². The fraction of sp³-hybridized carbons (Fsp3) is 0.316. The molecule has 4 heteroatoms. The van der Waals surface area contributed by atoms with Crippen molar-refractivity contribution in [2.45, 2.75) is 28.2 Å². The molecule has 0 atom stereocenters. The van der Waals surface area contributed by atoms with E-state index in [-0.39, 0.29) is 20.7 Å². The Hall–Kier alpha value is -1.94. The lowest BCUT2D eigenvalue weighted by Gasteiger charge is -2.16. The van der Waals surface area contributed by atoms with Gasteiger partial charge in [-0.25, -0.2) is 4.39 Å². The summed E-state index contributed by atoms with van der Waals surface area (Å²) in [5.41, 5.74) is 3.07. The fourth-order valence-corrected chi connectivity index (χ4v) is 2.10. The molecule has 0 bridgehead atoms. The van der Waals surface area contributed by atoms with Crippen molar-refractivity contribution in [2.75, 3.05) is 14.1 Å². The van der Waals surface area contributed by atoms with Crippen LogP contribution in [0.1, 0.15) is 31.5 Å². The predicted octanol–water partition coefficient (Wildman–Crippen LogP) is 5.22. The van der Waals surface area contributed by atoms with Crippen LogP contribution in [0, 0.1) is 12.7 Å². The average molecular weight is 335 g/mol. The van der Waals surface area contributed by atoms with Crippen LogP contribution in [0.15, 0.2) is 42.5 Å². The van der Waals surface area contributed by atoms with Crippen LogP contribution in [-0.4, -0.2) is 24.2 Å². The smallest absolute Gasteiger partial charge is 0.264 e. The first-order valence-corrected chi connectivity index (χ1v) is 7.09.